The van der Waals surface area contributed by atoms with Crippen molar-refractivity contribution in [2.45, 2.75) is 19.4 Å². The summed E-state index contributed by atoms with van der Waals surface area (Å²) < 4.78 is 7.11. The molecule has 0 bridgehead atoms. The second kappa shape index (κ2) is 5.42. The maximum absolute atomic E-state index is 6.22. The van der Waals surface area contributed by atoms with E-state index in [1.54, 1.807) is 25.7 Å². The Morgan fingerprint density at radius 2 is 2.28 bits per heavy atom. The van der Waals surface area contributed by atoms with Crippen molar-refractivity contribution in [2.24, 2.45) is 5.73 Å². The molecule has 2 aromatic rings. The van der Waals surface area contributed by atoms with E-state index in [4.69, 9.17) is 22.1 Å². The smallest absolute Gasteiger partial charge is 0.121 e. The molecule has 0 aliphatic carbocycles. The van der Waals surface area contributed by atoms with Crippen LogP contribution in [0.2, 0.25) is 5.02 Å². The van der Waals surface area contributed by atoms with Gasteiger partial charge in [0, 0.05) is 12.1 Å². The van der Waals surface area contributed by atoms with Crippen LogP contribution >= 0.6 is 11.6 Å². The number of ether oxygens (including phenoxy) is 1. The van der Waals surface area contributed by atoms with Crippen LogP contribution in [0.15, 0.2) is 30.7 Å². The van der Waals surface area contributed by atoms with Gasteiger partial charge in [-0.05, 0) is 18.6 Å². The SMILES string of the molecule is CC[C@@H](N)c1cncn1-c1cc(OC)ccc1Cl. The van der Waals surface area contributed by atoms with E-state index < -0.39 is 0 Å². The molecule has 2 rings (SSSR count). The second-order valence-electron chi connectivity index (χ2n) is 4.02. The Labute approximate surface area is 111 Å². The minimum absolute atomic E-state index is 0.0604. The number of nitrogens with zero attached hydrogens (tertiary/aromatic N) is 2. The molecule has 0 unspecified atom stereocenters. The molecule has 1 atom stereocenters. The van der Waals surface area contributed by atoms with Gasteiger partial charge in [-0.25, -0.2) is 4.98 Å². The predicted molar refractivity (Wildman–Crippen MR) is 72.3 cm³/mol. The van der Waals surface area contributed by atoms with Gasteiger partial charge in [0.15, 0.2) is 0 Å². The zero-order valence-electron chi connectivity index (χ0n) is 10.4. The summed E-state index contributed by atoms with van der Waals surface area (Å²) in [7, 11) is 1.62. The fraction of sp³-hybridized carbons (Fsp3) is 0.308. The summed E-state index contributed by atoms with van der Waals surface area (Å²) in [5.41, 5.74) is 7.83. The minimum Gasteiger partial charge on any atom is -0.497 e. The first-order valence-electron chi connectivity index (χ1n) is 5.79. The molecule has 18 heavy (non-hydrogen) atoms. The number of hydrogen-bond acceptors (Lipinski definition) is 3. The monoisotopic (exact) mass is 265 g/mol. The van der Waals surface area contributed by atoms with Crippen molar-refractivity contribution in [3.8, 4) is 11.4 Å². The first kappa shape index (κ1) is 12.9. The van der Waals surface area contributed by atoms with E-state index >= 15 is 0 Å². The molecule has 0 amide bonds. The second-order valence-corrected chi connectivity index (χ2v) is 4.43. The summed E-state index contributed by atoms with van der Waals surface area (Å²) in [5.74, 6) is 0.749. The fourth-order valence-electron chi connectivity index (χ4n) is 1.79. The molecule has 0 aliphatic rings. The van der Waals surface area contributed by atoms with Crippen molar-refractivity contribution in [1.82, 2.24) is 9.55 Å². The highest BCUT2D eigenvalue weighted by Gasteiger charge is 2.13. The summed E-state index contributed by atoms with van der Waals surface area (Å²) in [6.45, 7) is 2.04. The zero-order valence-corrected chi connectivity index (χ0v) is 11.2. The lowest BCUT2D eigenvalue weighted by molar-refractivity contribution is 0.414. The Bertz CT molecular complexity index is 539. The van der Waals surface area contributed by atoms with Crippen molar-refractivity contribution < 1.29 is 4.74 Å². The Morgan fingerprint density at radius 1 is 1.50 bits per heavy atom. The van der Waals surface area contributed by atoms with Crippen molar-refractivity contribution >= 4 is 11.6 Å². The molecule has 0 spiro atoms. The third-order valence-corrected chi connectivity index (χ3v) is 3.22. The molecule has 4 nitrogen and oxygen atoms in total. The third kappa shape index (κ3) is 2.35. The molecule has 2 N–H and O–H groups in total. The van der Waals surface area contributed by atoms with Gasteiger partial charge < -0.3 is 15.0 Å². The quantitative estimate of drug-likeness (QED) is 0.925. The van der Waals surface area contributed by atoms with Crippen LogP contribution in [0.3, 0.4) is 0 Å². The minimum atomic E-state index is -0.0604. The summed E-state index contributed by atoms with van der Waals surface area (Å²) in [5, 5.41) is 0.637. The normalized spacial score (nSPS) is 12.4. The summed E-state index contributed by atoms with van der Waals surface area (Å²) >= 11 is 6.22. The van der Waals surface area contributed by atoms with Gasteiger partial charge in [-0.2, -0.15) is 0 Å². The van der Waals surface area contributed by atoms with Gasteiger partial charge in [-0.15, -0.1) is 0 Å². The maximum atomic E-state index is 6.22. The maximum Gasteiger partial charge on any atom is 0.121 e. The van der Waals surface area contributed by atoms with Crippen LogP contribution in [0.4, 0.5) is 0 Å². The lowest BCUT2D eigenvalue weighted by atomic mass is 10.2. The van der Waals surface area contributed by atoms with Gasteiger partial charge in [0.25, 0.3) is 0 Å². The van der Waals surface area contributed by atoms with E-state index in [1.165, 1.54) is 0 Å². The van der Waals surface area contributed by atoms with Crippen LogP contribution in [0.1, 0.15) is 25.1 Å². The third-order valence-electron chi connectivity index (χ3n) is 2.90. The van der Waals surface area contributed by atoms with E-state index in [0.29, 0.717) is 5.02 Å². The van der Waals surface area contributed by atoms with Crippen molar-refractivity contribution in [1.29, 1.82) is 0 Å². The number of methoxy groups -OCH3 is 1. The zero-order chi connectivity index (χ0) is 13.1. The van der Waals surface area contributed by atoms with Gasteiger partial charge >= 0.3 is 0 Å². The summed E-state index contributed by atoms with van der Waals surface area (Å²) in [4.78, 5) is 4.15. The molecule has 96 valence electrons. The lowest BCUT2D eigenvalue weighted by Gasteiger charge is -2.14. The van der Waals surface area contributed by atoms with Crippen LogP contribution in [-0.2, 0) is 0 Å². The fourth-order valence-corrected chi connectivity index (χ4v) is 2.00. The van der Waals surface area contributed by atoms with Gasteiger partial charge in [0.1, 0.15) is 5.75 Å². The van der Waals surface area contributed by atoms with Gasteiger partial charge in [0.05, 0.1) is 36.0 Å². The Kier molecular flexibility index (Phi) is 3.89. The molecule has 0 fully saturated rings. The average Bonchev–Trinajstić information content (AvgIpc) is 2.87. The molecule has 0 aliphatic heterocycles. The standard InChI is InChI=1S/C13H16ClN3O/c1-3-11(15)13-7-16-8-17(13)12-6-9(18-2)4-5-10(12)14/h4-8,11H,3,15H2,1-2H3/t11-/m1/s1. The molecule has 0 saturated heterocycles. The number of hydrogen-bond donors (Lipinski definition) is 1. The molecule has 0 radical (unpaired) electrons. The predicted octanol–water partition coefficient (Wildman–Crippen LogP) is 2.94. The van der Waals surface area contributed by atoms with Gasteiger partial charge in [-0.3, -0.25) is 0 Å². The molecular weight excluding hydrogens is 250 g/mol. The Balaban J connectivity index is 2.51. The highest BCUT2D eigenvalue weighted by molar-refractivity contribution is 6.32. The van der Waals surface area contributed by atoms with Gasteiger partial charge in [0.2, 0.25) is 0 Å². The number of imidazole rings is 1. The number of halogens is 1. The summed E-state index contributed by atoms with van der Waals surface area (Å²) in [6, 6.07) is 5.43. The number of benzene rings is 1. The first-order chi connectivity index (χ1) is 8.67. The van der Waals surface area contributed by atoms with Crippen molar-refractivity contribution in [3.05, 3.63) is 41.4 Å². The topological polar surface area (TPSA) is 53.1 Å². The van der Waals surface area contributed by atoms with E-state index in [1.807, 2.05) is 23.6 Å². The van der Waals surface area contributed by atoms with Crippen LogP contribution in [0.5, 0.6) is 5.75 Å². The lowest BCUT2D eigenvalue weighted by Crippen LogP contribution is -2.13. The summed E-state index contributed by atoms with van der Waals surface area (Å²) in [6.07, 6.45) is 4.32. The molecule has 0 saturated carbocycles. The van der Waals surface area contributed by atoms with E-state index in [0.717, 1.165) is 23.6 Å². The van der Waals surface area contributed by atoms with E-state index in [9.17, 15) is 0 Å². The van der Waals surface area contributed by atoms with E-state index in [-0.39, 0.29) is 6.04 Å². The van der Waals surface area contributed by atoms with Crippen LogP contribution in [0, 0.1) is 0 Å². The molecular formula is C13H16ClN3O. The molecule has 1 aromatic heterocycles. The number of aromatic nitrogens is 2. The molecule has 1 heterocycles. The average molecular weight is 266 g/mol. The highest BCUT2D eigenvalue weighted by Crippen LogP contribution is 2.28. The highest BCUT2D eigenvalue weighted by atomic mass is 35.5. The molecule has 1 aromatic carbocycles. The van der Waals surface area contributed by atoms with Crippen LogP contribution < -0.4 is 10.5 Å². The van der Waals surface area contributed by atoms with Gasteiger partial charge in [-0.1, -0.05) is 18.5 Å². The van der Waals surface area contributed by atoms with Crippen molar-refractivity contribution in [2.75, 3.05) is 7.11 Å². The molecule has 5 heteroatoms. The van der Waals surface area contributed by atoms with E-state index in [2.05, 4.69) is 4.98 Å². The van der Waals surface area contributed by atoms with Crippen LogP contribution in [0.25, 0.3) is 5.69 Å². The number of nitrogens with two attached hydrogens (primary N) is 1. The Hall–Kier alpha value is -1.52. The number of rotatable bonds is 4. The van der Waals surface area contributed by atoms with Crippen LogP contribution in [-0.4, -0.2) is 16.7 Å². The largest absolute Gasteiger partial charge is 0.497 e. The first-order valence-corrected chi connectivity index (χ1v) is 6.17. The van der Waals surface area contributed by atoms with Crippen molar-refractivity contribution in [3.63, 3.8) is 0 Å². The Morgan fingerprint density at radius 3 is 2.94 bits per heavy atom.